The minimum absolute atomic E-state index is 0.0158. The minimum Gasteiger partial charge on any atom is -0.502 e. The zero-order chi connectivity index (χ0) is 20.1. The molecule has 1 saturated heterocycles. The average Bonchev–Trinajstić information content (AvgIpc) is 2.82. The van der Waals surface area contributed by atoms with E-state index in [2.05, 4.69) is 17.4 Å². The summed E-state index contributed by atoms with van der Waals surface area (Å²) in [6.45, 7) is 7.98. The third kappa shape index (κ3) is 5.50. The number of nitrogens with two attached hydrogens (primary N) is 1. The molecule has 1 fully saturated rings. The van der Waals surface area contributed by atoms with Crippen LogP contribution in [0.4, 0.5) is 0 Å². The van der Waals surface area contributed by atoms with E-state index in [1.54, 1.807) is 0 Å². The number of methoxy groups -OCH3 is 1. The van der Waals surface area contributed by atoms with E-state index in [1.807, 2.05) is 45.9 Å². The second kappa shape index (κ2) is 8.80. The number of carbonyl (C=O) groups excluding carboxylic acids is 1. The molecule has 1 atom stereocenters. The van der Waals surface area contributed by atoms with Gasteiger partial charge >= 0.3 is 7.12 Å². The summed E-state index contributed by atoms with van der Waals surface area (Å²) in [7, 11) is 0.913. The summed E-state index contributed by atoms with van der Waals surface area (Å²) in [4.78, 5) is 12.4. The Morgan fingerprint density at radius 2 is 1.81 bits per heavy atom. The van der Waals surface area contributed by atoms with Gasteiger partial charge in [-0.25, -0.2) is 0 Å². The van der Waals surface area contributed by atoms with Crippen molar-refractivity contribution in [2.24, 2.45) is 5.73 Å². The molecule has 0 spiro atoms. The van der Waals surface area contributed by atoms with E-state index in [1.165, 1.54) is 18.9 Å². The summed E-state index contributed by atoms with van der Waals surface area (Å²) in [5, 5.41) is 2.94. The van der Waals surface area contributed by atoms with Crippen LogP contribution < -0.4 is 11.1 Å². The Bertz CT molecular complexity index is 645. The number of ether oxygens (including phenoxy) is 1. The van der Waals surface area contributed by atoms with Gasteiger partial charge in [0.1, 0.15) is 12.0 Å². The Kier molecular flexibility index (Phi) is 6.95. The SMILES string of the molecule is COC=C(N)C(=O)N[C@@H](CCCc1ccccc1)B1OC(C)(C)C(C)(C)O1. The van der Waals surface area contributed by atoms with Crippen LogP contribution in [-0.4, -0.2) is 37.3 Å². The summed E-state index contributed by atoms with van der Waals surface area (Å²) in [6.07, 6.45) is 3.72. The van der Waals surface area contributed by atoms with Crippen molar-refractivity contribution >= 4 is 13.0 Å². The predicted octanol–water partition coefficient (Wildman–Crippen LogP) is 2.57. The largest absolute Gasteiger partial charge is 0.502 e. The van der Waals surface area contributed by atoms with E-state index >= 15 is 0 Å². The van der Waals surface area contributed by atoms with E-state index in [4.69, 9.17) is 19.8 Å². The zero-order valence-corrected chi connectivity index (χ0v) is 17.0. The van der Waals surface area contributed by atoms with Crippen molar-refractivity contribution in [3.05, 3.63) is 47.9 Å². The van der Waals surface area contributed by atoms with Gasteiger partial charge in [-0.3, -0.25) is 4.79 Å². The predicted molar refractivity (Wildman–Crippen MR) is 107 cm³/mol. The summed E-state index contributed by atoms with van der Waals surface area (Å²) in [6, 6.07) is 10.3. The standard InChI is InChI=1S/C20H31BN2O4/c1-19(2)20(3,4)27-21(26-19)17(23-18(24)16(22)14-25-5)13-9-12-15-10-7-6-8-11-15/h6-8,10-11,14,17H,9,12-13,22H2,1-5H3,(H,23,24)/t17-/m0/s1. The molecule has 27 heavy (non-hydrogen) atoms. The van der Waals surface area contributed by atoms with Crippen molar-refractivity contribution < 1.29 is 18.8 Å². The van der Waals surface area contributed by atoms with Crippen LogP contribution in [0.2, 0.25) is 0 Å². The summed E-state index contributed by atoms with van der Waals surface area (Å²) in [5.74, 6) is -0.706. The van der Waals surface area contributed by atoms with Gasteiger partial charge in [0.2, 0.25) is 0 Å². The van der Waals surface area contributed by atoms with Gasteiger partial charge in [-0.1, -0.05) is 30.3 Å². The van der Waals surface area contributed by atoms with Crippen molar-refractivity contribution in [2.75, 3.05) is 7.11 Å². The second-order valence-corrected chi connectivity index (χ2v) is 7.89. The normalized spacial score (nSPS) is 19.6. The van der Waals surface area contributed by atoms with Gasteiger partial charge < -0.3 is 25.1 Å². The first-order chi connectivity index (χ1) is 12.7. The Balaban J connectivity index is 2.06. The number of benzene rings is 1. The van der Waals surface area contributed by atoms with Crippen molar-refractivity contribution in [1.29, 1.82) is 0 Å². The molecule has 1 heterocycles. The molecule has 0 saturated carbocycles. The molecule has 2 rings (SSSR count). The molecule has 0 aromatic heterocycles. The Hall–Kier alpha value is -1.99. The molecule has 1 aromatic rings. The lowest BCUT2D eigenvalue weighted by Gasteiger charge is -2.32. The Morgan fingerprint density at radius 3 is 2.37 bits per heavy atom. The molecule has 0 bridgehead atoms. The molecule has 0 unspecified atom stereocenters. The first-order valence-electron chi connectivity index (χ1n) is 9.35. The van der Waals surface area contributed by atoms with Crippen molar-refractivity contribution in [3.63, 3.8) is 0 Å². The number of aryl methyl sites for hydroxylation is 1. The molecular weight excluding hydrogens is 343 g/mol. The highest BCUT2D eigenvalue weighted by atomic mass is 16.7. The minimum atomic E-state index is -0.537. The van der Waals surface area contributed by atoms with Crippen molar-refractivity contribution in [1.82, 2.24) is 5.32 Å². The number of carbonyl (C=O) groups is 1. The molecule has 1 aliphatic rings. The first-order valence-corrected chi connectivity index (χ1v) is 9.35. The van der Waals surface area contributed by atoms with Gasteiger partial charge in [0.05, 0.1) is 24.3 Å². The highest BCUT2D eigenvalue weighted by Gasteiger charge is 2.54. The molecule has 148 valence electrons. The molecule has 0 aliphatic carbocycles. The first kappa shape index (κ1) is 21.3. The topological polar surface area (TPSA) is 82.8 Å². The van der Waals surface area contributed by atoms with Crippen molar-refractivity contribution in [3.8, 4) is 0 Å². The van der Waals surface area contributed by atoms with E-state index in [0.29, 0.717) is 6.42 Å². The van der Waals surface area contributed by atoms with E-state index < -0.39 is 24.2 Å². The molecular formula is C20H31BN2O4. The molecule has 1 amide bonds. The number of hydrogen-bond donors (Lipinski definition) is 2. The van der Waals surface area contributed by atoms with Gasteiger partial charge in [0.25, 0.3) is 5.91 Å². The molecule has 6 nitrogen and oxygen atoms in total. The number of nitrogens with one attached hydrogen (secondary N) is 1. The monoisotopic (exact) mass is 374 g/mol. The molecule has 7 heteroatoms. The van der Waals surface area contributed by atoms with Crippen LogP contribution in [0, 0.1) is 0 Å². The highest BCUT2D eigenvalue weighted by molar-refractivity contribution is 6.48. The van der Waals surface area contributed by atoms with Crippen LogP contribution in [0.1, 0.15) is 46.1 Å². The fourth-order valence-electron chi connectivity index (χ4n) is 2.93. The number of hydrogen-bond acceptors (Lipinski definition) is 5. The summed E-state index contributed by atoms with van der Waals surface area (Å²) < 4.78 is 17.1. The smallest absolute Gasteiger partial charge is 0.481 e. The highest BCUT2D eigenvalue weighted by Crippen LogP contribution is 2.38. The van der Waals surface area contributed by atoms with Crippen molar-refractivity contribution in [2.45, 2.75) is 64.1 Å². The van der Waals surface area contributed by atoms with E-state index in [9.17, 15) is 4.79 Å². The quantitative estimate of drug-likeness (QED) is 0.415. The van der Waals surface area contributed by atoms with Crippen LogP contribution >= 0.6 is 0 Å². The Labute approximate surface area is 162 Å². The lowest BCUT2D eigenvalue weighted by atomic mass is 9.75. The molecule has 1 aromatic carbocycles. The fourth-order valence-corrected chi connectivity index (χ4v) is 2.93. The third-order valence-corrected chi connectivity index (χ3v) is 5.25. The van der Waals surface area contributed by atoms with Gasteiger partial charge in [-0.15, -0.1) is 0 Å². The molecule has 3 N–H and O–H groups in total. The van der Waals surface area contributed by atoms with E-state index in [-0.39, 0.29) is 11.6 Å². The van der Waals surface area contributed by atoms with Crippen LogP contribution in [0.5, 0.6) is 0 Å². The fraction of sp³-hybridized carbons (Fsp3) is 0.550. The van der Waals surface area contributed by atoms with Gasteiger partial charge in [0.15, 0.2) is 0 Å². The average molecular weight is 374 g/mol. The van der Waals surface area contributed by atoms with Crippen LogP contribution in [0.15, 0.2) is 42.3 Å². The number of rotatable bonds is 8. The summed E-state index contributed by atoms with van der Waals surface area (Å²) >= 11 is 0. The maximum Gasteiger partial charge on any atom is 0.481 e. The van der Waals surface area contributed by atoms with E-state index in [0.717, 1.165) is 12.8 Å². The van der Waals surface area contributed by atoms with Gasteiger partial charge in [-0.05, 0) is 52.5 Å². The molecule has 0 radical (unpaired) electrons. The maximum atomic E-state index is 12.4. The Morgan fingerprint density at radius 1 is 1.22 bits per heavy atom. The molecule has 1 aliphatic heterocycles. The lowest BCUT2D eigenvalue weighted by molar-refractivity contribution is -0.118. The lowest BCUT2D eigenvalue weighted by Crippen LogP contribution is -2.49. The second-order valence-electron chi connectivity index (χ2n) is 7.89. The third-order valence-electron chi connectivity index (χ3n) is 5.25. The van der Waals surface area contributed by atoms with Gasteiger partial charge in [0, 0.05) is 0 Å². The van der Waals surface area contributed by atoms with Crippen LogP contribution in [0.3, 0.4) is 0 Å². The van der Waals surface area contributed by atoms with Crippen LogP contribution in [0.25, 0.3) is 0 Å². The zero-order valence-electron chi connectivity index (χ0n) is 17.0. The van der Waals surface area contributed by atoms with Crippen LogP contribution in [-0.2, 0) is 25.3 Å². The van der Waals surface area contributed by atoms with Gasteiger partial charge in [-0.2, -0.15) is 0 Å². The number of amides is 1. The maximum absolute atomic E-state index is 12.4. The summed E-state index contributed by atoms with van der Waals surface area (Å²) in [5.41, 5.74) is 6.09.